The van der Waals surface area contributed by atoms with E-state index in [0.717, 1.165) is 4.47 Å². The Hall–Kier alpha value is -2.43. The summed E-state index contributed by atoms with van der Waals surface area (Å²) >= 11 is 5.76. The molecule has 0 aliphatic carbocycles. The predicted molar refractivity (Wildman–Crippen MR) is 161 cm³/mol. The van der Waals surface area contributed by atoms with Crippen LogP contribution in [-0.2, 0) is 10.8 Å². The van der Waals surface area contributed by atoms with E-state index in [1.54, 1.807) is 0 Å². The van der Waals surface area contributed by atoms with Crippen LogP contribution in [0.2, 0.25) is 0 Å². The molecule has 0 saturated carbocycles. The Kier molecular flexibility index (Phi) is 4.63. The molecule has 0 atom stereocenters. The van der Waals surface area contributed by atoms with Gasteiger partial charge in [-0.25, -0.2) is 0 Å². The maximum absolute atomic E-state index is 3.86. The number of benzene rings is 4. The van der Waals surface area contributed by atoms with Crippen LogP contribution in [0.1, 0.15) is 52.7 Å². The highest BCUT2D eigenvalue weighted by Crippen LogP contribution is 2.42. The lowest BCUT2D eigenvalue weighted by Gasteiger charge is -2.34. The van der Waals surface area contributed by atoms with Gasteiger partial charge < -0.3 is 4.57 Å². The first-order chi connectivity index (χ1) is 17.0. The van der Waals surface area contributed by atoms with Gasteiger partial charge in [0.2, 0.25) is 6.71 Å². The molecule has 0 unspecified atom stereocenters. The third-order valence-corrected chi connectivity index (χ3v) is 9.61. The molecule has 2 aliphatic heterocycles. The minimum absolute atomic E-state index is 0.0620. The smallest absolute Gasteiger partial charge is 0.249 e. The molecule has 3 heterocycles. The number of fused-ring (bicyclic) bond motifs is 7. The molecule has 178 valence electrons. The molecule has 36 heavy (non-hydrogen) atoms. The quantitative estimate of drug-likeness (QED) is 0.178. The first kappa shape index (κ1) is 22.7. The summed E-state index contributed by atoms with van der Waals surface area (Å²) < 4.78 is 3.69. The van der Waals surface area contributed by atoms with Crippen molar-refractivity contribution in [3.8, 4) is 5.69 Å². The van der Waals surface area contributed by atoms with Crippen LogP contribution in [0.25, 0.3) is 27.5 Å². The third-order valence-electron chi connectivity index (χ3n) is 8.00. The summed E-state index contributed by atoms with van der Waals surface area (Å²) in [4.78, 5) is 2.73. The van der Waals surface area contributed by atoms with E-state index in [-0.39, 0.29) is 17.5 Å². The topological polar surface area (TPSA) is 4.93 Å². The average Bonchev–Trinajstić information content (AvgIpc) is 3.14. The van der Waals surface area contributed by atoms with Crippen molar-refractivity contribution in [2.45, 2.75) is 62.2 Å². The Labute approximate surface area is 226 Å². The summed E-state index contributed by atoms with van der Waals surface area (Å²) in [6.07, 6.45) is 0. The molecular formula is C32H29BBrNS. The van der Waals surface area contributed by atoms with E-state index in [1.165, 1.54) is 64.8 Å². The van der Waals surface area contributed by atoms with Crippen molar-refractivity contribution in [2.75, 3.05) is 0 Å². The fourth-order valence-electron chi connectivity index (χ4n) is 6.10. The maximum Gasteiger partial charge on any atom is 0.249 e. The molecule has 0 amide bonds. The van der Waals surface area contributed by atoms with E-state index in [9.17, 15) is 0 Å². The molecule has 0 fully saturated rings. The first-order valence-electron chi connectivity index (χ1n) is 12.8. The zero-order valence-electron chi connectivity index (χ0n) is 21.7. The largest absolute Gasteiger partial charge is 0.310 e. The molecule has 2 aliphatic rings. The monoisotopic (exact) mass is 549 g/mol. The predicted octanol–water partition coefficient (Wildman–Crippen LogP) is 7.44. The second-order valence-electron chi connectivity index (χ2n) is 12.4. The third kappa shape index (κ3) is 3.10. The lowest BCUT2D eigenvalue weighted by Crippen LogP contribution is -2.58. The lowest BCUT2D eigenvalue weighted by atomic mass is 9.35. The Balaban J connectivity index is 1.71. The molecule has 0 N–H and O–H groups in total. The van der Waals surface area contributed by atoms with Gasteiger partial charge in [0.25, 0.3) is 0 Å². The standard InChI is InChI=1S/C32H29BBrNS/c1-31(2,3)18-11-12-25-21(13-18)22-14-19(32(4,5)6)15-24-30(22)35(25)26-16-20(34)17-28-29(26)33(24)23-9-7-8-10-27(23)36-28/h7-17H,1-6H3. The summed E-state index contributed by atoms with van der Waals surface area (Å²) in [6, 6.07) is 25.8. The van der Waals surface area contributed by atoms with Crippen LogP contribution >= 0.6 is 27.7 Å². The van der Waals surface area contributed by atoms with Gasteiger partial charge in [0.15, 0.2) is 0 Å². The van der Waals surface area contributed by atoms with Crippen molar-refractivity contribution >= 4 is 72.6 Å². The van der Waals surface area contributed by atoms with E-state index >= 15 is 0 Å². The highest BCUT2D eigenvalue weighted by molar-refractivity contribution is 9.10. The van der Waals surface area contributed by atoms with Gasteiger partial charge in [0, 0.05) is 36.2 Å². The lowest BCUT2D eigenvalue weighted by molar-refractivity contribution is 0.590. The van der Waals surface area contributed by atoms with Crippen LogP contribution in [0.3, 0.4) is 0 Å². The minimum Gasteiger partial charge on any atom is -0.310 e. The van der Waals surface area contributed by atoms with E-state index in [0.29, 0.717) is 0 Å². The van der Waals surface area contributed by atoms with E-state index < -0.39 is 0 Å². The van der Waals surface area contributed by atoms with Crippen LogP contribution in [-0.4, -0.2) is 11.3 Å². The molecule has 0 bridgehead atoms. The van der Waals surface area contributed by atoms with Gasteiger partial charge in [-0.1, -0.05) is 105 Å². The molecule has 7 rings (SSSR count). The molecule has 4 aromatic carbocycles. The normalized spacial score (nSPS) is 14.4. The SMILES string of the molecule is CC(C)(C)c1ccc2c(c1)c1cc(C(C)(C)C)cc3c1n2-c1cc(Br)cc2c1B3c1ccccc1S2. The Morgan fingerprint density at radius 3 is 2.19 bits per heavy atom. The molecule has 1 aromatic heterocycles. The molecule has 1 nitrogen and oxygen atoms in total. The number of rotatable bonds is 0. The van der Waals surface area contributed by atoms with Gasteiger partial charge in [0.1, 0.15) is 0 Å². The van der Waals surface area contributed by atoms with E-state index in [4.69, 9.17) is 0 Å². The van der Waals surface area contributed by atoms with Gasteiger partial charge >= 0.3 is 0 Å². The highest BCUT2D eigenvalue weighted by Gasteiger charge is 2.40. The summed E-state index contributed by atoms with van der Waals surface area (Å²) in [5.74, 6) is 0. The van der Waals surface area contributed by atoms with Crippen molar-refractivity contribution < 1.29 is 0 Å². The molecular weight excluding hydrogens is 521 g/mol. The van der Waals surface area contributed by atoms with Gasteiger partial charge in [0.05, 0.1) is 5.52 Å². The van der Waals surface area contributed by atoms with Crippen molar-refractivity contribution in [2.24, 2.45) is 0 Å². The summed E-state index contributed by atoms with van der Waals surface area (Å²) in [7, 11) is 0. The molecule has 4 heteroatoms. The van der Waals surface area contributed by atoms with Crippen LogP contribution in [0.5, 0.6) is 0 Å². The Bertz CT molecular complexity index is 1750. The zero-order chi connectivity index (χ0) is 25.1. The molecule has 0 radical (unpaired) electrons. The number of hydrogen-bond donors (Lipinski definition) is 0. The van der Waals surface area contributed by atoms with Crippen molar-refractivity contribution in [1.82, 2.24) is 4.57 Å². The Morgan fingerprint density at radius 2 is 1.44 bits per heavy atom. The average molecular weight is 550 g/mol. The summed E-state index contributed by atoms with van der Waals surface area (Å²) in [5, 5.41) is 2.74. The number of nitrogens with zero attached hydrogens (tertiary/aromatic N) is 1. The van der Waals surface area contributed by atoms with Gasteiger partial charge in [-0.05, 0) is 69.3 Å². The zero-order valence-corrected chi connectivity index (χ0v) is 24.1. The Morgan fingerprint density at radius 1 is 0.722 bits per heavy atom. The second kappa shape index (κ2) is 7.33. The van der Waals surface area contributed by atoms with E-state index in [1.807, 2.05) is 11.8 Å². The van der Waals surface area contributed by atoms with Gasteiger partial charge in [-0.15, -0.1) is 0 Å². The highest BCUT2D eigenvalue weighted by atomic mass is 79.9. The molecule has 0 saturated heterocycles. The van der Waals surface area contributed by atoms with Crippen molar-refractivity contribution in [3.05, 3.63) is 82.3 Å². The van der Waals surface area contributed by atoms with Gasteiger partial charge in [-0.2, -0.15) is 0 Å². The maximum atomic E-state index is 3.86. The van der Waals surface area contributed by atoms with E-state index in [2.05, 4.69) is 129 Å². The van der Waals surface area contributed by atoms with Crippen LogP contribution in [0.15, 0.2) is 81.0 Å². The van der Waals surface area contributed by atoms with Gasteiger partial charge in [-0.3, -0.25) is 0 Å². The minimum atomic E-state index is 0.0620. The summed E-state index contributed by atoms with van der Waals surface area (Å²) in [5.41, 5.74) is 11.2. The van der Waals surface area contributed by atoms with Crippen molar-refractivity contribution in [1.29, 1.82) is 0 Å². The fraction of sp³-hybridized carbons (Fsp3) is 0.250. The van der Waals surface area contributed by atoms with Crippen LogP contribution < -0.4 is 16.4 Å². The first-order valence-corrected chi connectivity index (χ1v) is 14.4. The second-order valence-corrected chi connectivity index (χ2v) is 14.4. The van der Waals surface area contributed by atoms with Crippen LogP contribution in [0.4, 0.5) is 0 Å². The van der Waals surface area contributed by atoms with Crippen LogP contribution in [0, 0.1) is 0 Å². The molecule has 0 spiro atoms. The fourth-order valence-corrected chi connectivity index (χ4v) is 7.90. The number of halogens is 1. The number of hydrogen-bond acceptors (Lipinski definition) is 1. The molecule has 5 aromatic rings. The van der Waals surface area contributed by atoms with Crippen molar-refractivity contribution in [3.63, 3.8) is 0 Å². The summed E-state index contributed by atoms with van der Waals surface area (Å²) in [6.45, 7) is 14.2. The number of aromatic nitrogens is 1.